The zero-order valence-electron chi connectivity index (χ0n) is 28.6. The van der Waals surface area contributed by atoms with E-state index in [1.54, 1.807) is 20.8 Å². The van der Waals surface area contributed by atoms with Gasteiger partial charge in [-0.05, 0) is 69.0 Å². The highest BCUT2D eigenvalue weighted by Gasteiger charge is 2.23. The molecule has 2 rings (SSSR count). The first kappa shape index (κ1) is 40.4. The number of benzene rings is 2. The lowest BCUT2D eigenvalue weighted by molar-refractivity contribution is -0.139. The molecule has 0 unspecified atom stereocenters. The van der Waals surface area contributed by atoms with Crippen molar-refractivity contribution in [1.82, 2.24) is 20.9 Å². The molecule has 0 atom stereocenters. The number of amides is 4. The Kier molecular flexibility index (Phi) is 15.1. The van der Waals surface area contributed by atoms with Gasteiger partial charge < -0.3 is 55.5 Å². The van der Waals surface area contributed by atoms with Crippen molar-refractivity contribution in [2.45, 2.75) is 65.1 Å². The van der Waals surface area contributed by atoms with Crippen LogP contribution < -0.4 is 16.0 Å². The number of ether oxygens (including phenoxy) is 3. The molecule has 274 valence electrons. The first-order valence-electron chi connectivity index (χ1n) is 15.5. The van der Waals surface area contributed by atoms with Crippen LogP contribution in [0.4, 0.5) is 4.79 Å². The molecule has 4 amide bonds. The lowest BCUT2D eigenvalue weighted by Gasteiger charge is -2.22. The van der Waals surface area contributed by atoms with E-state index in [9.17, 15) is 49.2 Å². The maximum atomic E-state index is 13.2. The zero-order chi connectivity index (χ0) is 37.6. The fourth-order valence-electron chi connectivity index (χ4n) is 4.50. The van der Waals surface area contributed by atoms with Gasteiger partial charge in [0, 0.05) is 26.1 Å². The number of nitrogens with zero attached hydrogens (tertiary/aromatic N) is 1. The quantitative estimate of drug-likeness (QED) is 0.0751. The molecule has 0 aliphatic heterocycles. The number of phenolic OH excluding ortho intramolecular Hbond substituents is 4. The van der Waals surface area contributed by atoms with Gasteiger partial charge in [0.05, 0.1) is 14.2 Å². The SMILES string of the molecule is COC(=O)c1c(O)cc(CNC(=O)CN(CC(=O)NCc2cc(O)c(C(=O)OC)c(O)c2)C(=O)CCCCCNC(=O)OC(C)(C)C)cc1O. The van der Waals surface area contributed by atoms with Crippen LogP contribution in [0.3, 0.4) is 0 Å². The summed E-state index contributed by atoms with van der Waals surface area (Å²) in [6.07, 6.45) is 0.866. The molecule has 0 heterocycles. The van der Waals surface area contributed by atoms with Gasteiger partial charge in [-0.3, -0.25) is 14.4 Å². The normalized spacial score (nSPS) is 10.8. The van der Waals surface area contributed by atoms with E-state index in [0.717, 1.165) is 43.4 Å². The molecule has 0 radical (unpaired) electrons. The second-order valence-electron chi connectivity index (χ2n) is 12.0. The summed E-state index contributed by atoms with van der Waals surface area (Å²) in [6, 6.07) is 4.59. The molecule has 0 fully saturated rings. The Bertz CT molecular complexity index is 1430. The van der Waals surface area contributed by atoms with E-state index in [-0.39, 0.29) is 30.6 Å². The summed E-state index contributed by atoms with van der Waals surface area (Å²) in [6.45, 7) is 4.02. The van der Waals surface area contributed by atoms with Gasteiger partial charge in [0.15, 0.2) is 0 Å². The molecule has 2 aromatic carbocycles. The van der Waals surface area contributed by atoms with Gasteiger partial charge in [0.25, 0.3) is 0 Å². The number of phenols is 4. The van der Waals surface area contributed by atoms with Crippen LogP contribution in [0, 0.1) is 0 Å². The Balaban J connectivity index is 2.05. The number of rotatable bonds is 16. The van der Waals surface area contributed by atoms with Crippen molar-refractivity contribution in [3.63, 3.8) is 0 Å². The first-order valence-corrected chi connectivity index (χ1v) is 15.5. The molecule has 0 bridgehead atoms. The highest BCUT2D eigenvalue weighted by molar-refractivity contribution is 5.96. The summed E-state index contributed by atoms with van der Waals surface area (Å²) in [5.74, 6) is -6.10. The fourth-order valence-corrected chi connectivity index (χ4v) is 4.50. The summed E-state index contributed by atoms with van der Waals surface area (Å²) in [4.78, 5) is 75.2. The molecule has 0 aliphatic rings. The largest absolute Gasteiger partial charge is 0.507 e. The lowest BCUT2D eigenvalue weighted by Crippen LogP contribution is -2.45. The lowest BCUT2D eigenvalue weighted by atomic mass is 10.1. The third kappa shape index (κ3) is 13.0. The van der Waals surface area contributed by atoms with E-state index in [2.05, 4.69) is 25.4 Å². The smallest absolute Gasteiger partial charge is 0.407 e. The number of carbonyl (C=O) groups excluding carboxylic acids is 6. The number of carbonyl (C=O) groups is 6. The summed E-state index contributed by atoms with van der Waals surface area (Å²) in [7, 11) is 2.15. The van der Waals surface area contributed by atoms with Crippen molar-refractivity contribution in [3.8, 4) is 23.0 Å². The minimum atomic E-state index is -0.964. The average molecular weight is 705 g/mol. The third-order valence-corrected chi connectivity index (χ3v) is 6.83. The van der Waals surface area contributed by atoms with Gasteiger partial charge in [-0.2, -0.15) is 0 Å². The summed E-state index contributed by atoms with van der Waals surface area (Å²) in [5.41, 5.74) is -1.09. The van der Waals surface area contributed by atoms with Crippen LogP contribution in [0.15, 0.2) is 24.3 Å². The third-order valence-electron chi connectivity index (χ3n) is 6.83. The number of methoxy groups -OCH3 is 2. The van der Waals surface area contributed by atoms with Crippen molar-refractivity contribution >= 4 is 35.8 Å². The van der Waals surface area contributed by atoms with E-state index in [1.165, 1.54) is 0 Å². The van der Waals surface area contributed by atoms with Gasteiger partial charge in [-0.25, -0.2) is 14.4 Å². The van der Waals surface area contributed by atoms with Crippen LogP contribution in [0.25, 0.3) is 0 Å². The van der Waals surface area contributed by atoms with Crippen LogP contribution >= 0.6 is 0 Å². The summed E-state index contributed by atoms with van der Waals surface area (Å²) < 4.78 is 14.2. The molecule has 0 aromatic heterocycles. The minimum absolute atomic E-state index is 0.0273. The molecule has 0 spiro atoms. The van der Waals surface area contributed by atoms with Gasteiger partial charge in [-0.15, -0.1) is 0 Å². The summed E-state index contributed by atoms with van der Waals surface area (Å²) in [5, 5.41) is 48.2. The number of hydrogen-bond donors (Lipinski definition) is 7. The van der Waals surface area contributed by atoms with Crippen molar-refractivity contribution in [2.75, 3.05) is 33.9 Å². The van der Waals surface area contributed by atoms with Crippen LogP contribution in [-0.2, 0) is 41.7 Å². The molecule has 17 nitrogen and oxygen atoms in total. The van der Waals surface area contributed by atoms with Crippen molar-refractivity contribution in [3.05, 3.63) is 46.5 Å². The van der Waals surface area contributed by atoms with Gasteiger partial charge in [0.1, 0.15) is 52.8 Å². The molecule has 7 N–H and O–H groups in total. The maximum absolute atomic E-state index is 13.2. The number of aromatic hydroxyl groups is 4. The van der Waals surface area contributed by atoms with E-state index >= 15 is 0 Å². The molecule has 0 saturated heterocycles. The predicted octanol–water partition coefficient (Wildman–Crippen LogP) is 1.93. The standard InChI is InChI=1S/C33H44N4O13/c1-33(2,3)50-32(47)34-10-8-6-7-9-27(44)37(17-25(42)35-15-19-11-21(38)28(22(39)12-19)30(45)48-4)18-26(43)36-16-20-13-23(40)29(24(41)14-20)31(46)49-5/h11-14,38-41H,6-10,15-18H2,1-5H3,(H,34,47)(H,35,42)(H,36,43). The van der Waals surface area contributed by atoms with Gasteiger partial charge in [-0.1, -0.05) is 6.42 Å². The minimum Gasteiger partial charge on any atom is -0.507 e. The Morgan fingerprint density at radius 2 is 1.08 bits per heavy atom. The van der Waals surface area contributed by atoms with E-state index in [1.807, 2.05) is 0 Å². The predicted molar refractivity (Wildman–Crippen MR) is 175 cm³/mol. The Labute approximate surface area is 288 Å². The number of esters is 2. The van der Waals surface area contributed by atoms with Crippen molar-refractivity contribution < 1.29 is 63.4 Å². The molecular weight excluding hydrogens is 660 g/mol. The van der Waals surface area contributed by atoms with Gasteiger partial charge in [0.2, 0.25) is 17.7 Å². The number of alkyl carbamates (subject to hydrolysis) is 1. The maximum Gasteiger partial charge on any atom is 0.407 e. The zero-order valence-corrected chi connectivity index (χ0v) is 28.6. The number of nitrogens with one attached hydrogen (secondary N) is 3. The highest BCUT2D eigenvalue weighted by Crippen LogP contribution is 2.30. The van der Waals surface area contributed by atoms with E-state index in [0.29, 0.717) is 25.8 Å². The van der Waals surface area contributed by atoms with Gasteiger partial charge >= 0.3 is 18.0 Å². The number of unbranched alkanes of at least 4 members (excludes halogenated alkanes) is 2. The molecule has 0 saturated carbocycles. The Hall–Kier alpha value is -5.74. The molecular formula is C33H44N4O13. The topological polar surface area (TPSA) is 250 Å². The average Bonchev–Trinajstić information content (AvgIpc) is 3.02. The summed E-state index contributed by atoms with van der Waals surface area (Å²) >= 11 is 0. The van der Waals surface area contributed by atoms with Crippen LogP contribution in [0.5, 0.6) is 23.0 Å². The van der Waals surface area contributed by atoms with E-state index in [4.69, 9.17) is 4.74 Å². The monoisotopic (exact) mass is 704 g/mol. The van der Waals surface area contributed by atoms with Crippen molar-refractivity contribution in [1.29, 1.82) is 0 Å². The molecule has 50 heavy (non-hydrogen) atoms. The van der Waals surface area contributed by atoms with Crippen molar-refractivity contribution in [2.24, 2.45) is 0 Å². The molecule has 17 heteroatoms. The molecule has 0 aliphatic carbocycles. The number of hydrogen-bond acceptors (Lipinski definition) is 13. The highest BCUT2D eigenvalue weighted by atomic mass is 16.6. The van der Waals surface area contributed by atoms with E-state index < -0.39 is 88.6 Å². The van der Waals surface area contributed by atoms with Crippen LogP contribution in [-0.4, -0.2) is 101 Å². The second kappa shape index (κ2) is 18.7. The Morgan fingerprint density at radius 3 is 1.46 bits per heavy atom. The Morgan fingerprint density at radius 1 is 0.660 bits per heavy atom. The van der Waals surface area contributed by atoms with Crippen LogP contribution in [0.2, 0.25) is 0 Å². The molecule has 2 aromatic rings. The first-order chi connectivity index (χ1) is 23.4. The van der Waals surface area contributed by atoms with Crippen LogP contribution in [0.1, 0.15) is 78.3 Å². The fraction of sp³-hybridized carbons (Fsp3) is 0.455. The second-order valence-corrected chi connectivity index (χ2v) is 12.0.